The molecule has 0 bridgehead atoms. The van der Waals surface area contributed by atoms with E-state index in [0.717, 1.165) is 18.4 Å². The van der Waals surface area contributed by atoms with Crippen LogP contribution in [0.15, 0.2) is 36.4 Å². The monoisotopic (exact) mass is 339 g/mol. The molecule has 136 valence electrons. The summed E-state index contributed by atoms with van der Waals surface area (Å²) in [5.74, 6) is -0.312. The summed E-state index contributed by atoms with van der Waals surface area (Å²) >= 11 is 0. The number of unbranched alkanes of at least 4 members (excludes halogenated alkanes) is 9. The van der Waals surface area contributed by atoms with Crippen molar-refractivity contribution in [1.29, 1.82) is 0 Å². The molecular weight excluding hydrogens is 306 g/mol. The maximum atomic E-state index is 11.8. The topological polar surface area (TPSA) is 43.1 Å². The van der Waals surface area contributed by atoms with Crippen LogP contribution in [0, 0.1) is 0 Å². The number of nitrogens with two attached hydrogens (primary N) is 1. The minimum absolute atomic E-state index is 0.312. The average Bonchev–Trinajstić information content (AvgIpc) is 2.63. The van der Waals surface area contributed by atoms with E-state index in [-0.39, 0.29) is 5.91 Å². The second-order valence-electron chi connectivity index (χ2n) is 7.11. The number of hydrogen-bond acceptors (Lipinski definition) is 1. The Kier molecular flexibility index (Phi) is 8.51. The van der Waals surface area contributed by atoms with Gasteiger partial charge in [-0.05, 0) is 35.2 Å². The Hall–Kier alpha value is -1.83. The van der Waals surface area contributed by atoms with Crippen LogP contribution in [-0.4, -0.2) is 5.91 Å². The van der Waals surface area contributed by atoms with Gasteiger partial charge in [0.15, 0.2) is 0 Å². The lowest BCUT2D eigenvalue weighted by Crippen LogP contribution is -2.14. The van der Waals surface area contributed by atoms with Gasteiger partial charge in [-0.2, -0.15) is 0 Å². The van der Waals surface area contributed by atoms with E-state index in [0.29, 0.717) is 5.56 Å². The number of carbonyl (C=O) groups excluding carboxylic acids is 1. The molecule has 0 saturated carbocycles. The molecule has 25 heavy (non-hydrogen) atoms. The van der Waals surface area contributed by atoms with Crippen LogP contribution in [0.1, 0.15) is 87.1 Å². The molecule has 2 nitrogen and oxygen atoms in total. The fraction of sp³-hybridized carbons (Fsp3) is 0.522. The number of carbonyl (C=O) groups is 1. The second-order valence-corrected chi connectivity index (χ2v) is 7.11. The fourth-order valence-corrected chi connectivity index (χ4v) is 3.63. The Labute approximate surface area is 152 Å². The van der Waals surface area contributed by atoms with Gasteiger partial charge in [0.1, 0.15) is 0 Å². The molecular formula is C23H33NO. The van der Waals surface area contributed by atoms with Crippen molar-refractivity contribution in [2.45, 2.75) is 77.6 Å². The number of primary amides is 1. The molecule has 0 radical (unpaired) electrons. The van der Waals surface area contributed by atoms with Crippen LogP contribution in [0.25, 0.3) is 10.8 Å². The van der Waals surface area contributed by atoms with Gasteiger partial charge in [-0.1, -0.05) is 95.0 Å². The largest absolute Gasteiger partial charge is 0.366 e. The molecule has 1 amide bonds. The summed E-state index contributed by atoms with van der Waals surface area (Å²) in [5, 5.41) is 2.37. The van der Waals surface area contributed by atoms with Crippen molar-refractivity contribution in [2.24, 2.45) is 5.73 Å². The van der Waals surface area contributed by atoms with Crippen LogP contribution in [0.3, 0.4) is 0 Å². The van der Waals surface area contributed by atoms with Gasteiger partial charge in [0.2, 0.25) is 5.91 Å². The van der Waals surface area contributed by atoms with E-state index in [9.17, 15) is 4.79 Å². The van der Waals surface area contributed by atoms with Gasteiger partial charge in [-0.15, -0.1) is 0 Å². The predicted octanol–water partition coefficient (Wildman–Crippen LogP) is 6.40. The third kappa shape index (κ3) is 6.19. The number of aryl methyl sites for hydroxylation is 1. The molecule has 0 heterocycles. The number of rotatable bonds is 12. The number of amides is 1. The highest BCUT2D eigenvalue weighted by Gasteiger charge is 2.11. The summed E-state index contributed by atoms with van der Waals surface area (Å²) in [7, 11) is 0. The number of fused-ring (bicyclic) bond motifs is 1. The van der Waals surface area contributed by atoms with Gasteiger partial charge in [0.05, 0.1) is 0 Å². The normalized spacial score (nSPS) is 11.1. The first-order valence-corrected chi connectivity index (χ1v) is 10.0. The van der Waals surface area contributed by atoms with E-state index in [1.165, 1.54) is 68.6 Å². The van der Waals surface area contributed by atoms with Crippen molar-refractivity contribution in [3.8, 4) is 0 Å². The SMILES string of the molecule is CCCCCCCCCCCCc1c(C(N)=O)ccc2ccccc12. The average molecular weight is 340 g/mol. The smallest absolute Gasteiger partial charge is 0.248 e. The lowest BCUT2D eigenvalue weighted by atomic mass is 9.94. The van der Waals surface area contributed by atoms with Crippen molar-refractivity contribution in [3.63, 3.8) is 0 Å². The van der Waals surface area contributed by atoms with Crippen LogP contribution in [0.2, 0.25) is 0 Å². The predicted molar refractivity (Wildman–Crippen MR) is 108 cm³/mol. The zero-order valence-corrected chi connectivity index (χ0v) is 15.7. The minimum Gasteiger partial charge on any atom is -0.366 e. The fourth-order valence-electron chi connectivity index (χ4n) is 3.63. The Morgan fingerprint density at radius 3 is 2.04 bits per heavy atom. The van der Waals surface area contributed by atoms with Gasteiger partial charge in [0.25, 0.3) is 0 Å². The first-order chi connectivity index (χ1) is 12.2. The molecule has 0 aliphatic carbocycles. The third-order valence-electron chi connectivity index (χ3n) is 5.09. The van der Waals surface area contributed by atoms with Gasteiger partial charge >= 0.3 is 0 Å². The molecule has 0 aliphatic rings. The van der Waals surface area contributed by atoms with E-state index in [1.54, 1.807) is 0 Å². The van der Waals surface area contributed by atoms with Crippen molar-refractivity contribution in [2.75, 3.05) is 0 Å². The second kappa shape index (κ2) is 10.9. The van der Waals surface area contributed by atoms with E-state index >= 15 is 0 Å². The quantitative estimate of drug-likeness (QED) is 0.446. The standard InChI is InChI=1S/C23H33NO/c1-2-3-4-5-6-7-8-9-10-11-16-21-20-15-13-12-14-19(20)17-18-22(21)23(24)25/h12-15,17-18H,2-11,16H2,1H3,(H2,24,25). The van der Waals surface area contributed by atoms with Gasteiger partial charge in [-0.3, -0.25) is 4.79 Å². The van der Waals surface area contributed by atoms with E-state index in [1.807, 2.05) is 24.3 Å². The Bertz CT molecular complexity index is 662. The molecule has 2 N–H and O–H groups in total. The van der Waals surface area contributed by atoms with E-state index < -0.39 is 0 Å². The molecule has 2 heteroatoms. The first-order valence-electron chi connectivity index (χ1n) is 10.0. The van der Waals surface area contributed by atoms with E-state index in [2.05, 4.69) is 19.1 Å². The van der Waals surface area contributed by atoms with Gasteiger partial charge in [-0.25, -0.2) is 0 Å². The Morgan fingerprint density at radius 1 is 0.800 bits per heavy atom. The molecule has 0 atom stereocenters. The van der Waals surface area contributed by atoms with Crippen LogP contribution in [0.4, 0.5) is 0 Å². The van der Waals surface area contributed by atoms with Crippen LogP contribution < -0.4 is 5.73 Å². The molecule has 0 saturated heterocycles. The Balaban J connectivity index is 1.79. The highest BCUT2D eigenvalue weighted by molar-refractivity contribution is 6.00. The van der Waals surface area contributed by atoms with Crippen molar-refractivity contribution in [3.05, 3.63) is 47.5 Å². The van der Waals surface area contributed by atoms with Crippen LogP contribution in [-0.2, 0) is 6.42 Å². The molecule has 0 spiro atoms. The molecule has 0 aliphatic heterocycles. The summed E-state index contributed by atoms with van der Waals surface area (Å²) in [5.41, 5.74) is 7.41. The lowest BCUT2D eigenvalue weighted by molar-refractivity contribution is 0.0999. The highest BCUT2D eigenvalue weighted by atomic mass is 16.1. The van der Waals surface area contributed by atoms with Crippen molar-refractivity contribution >= 4 is 16.7 Å². The van der Waals surface area contributed by atoms with Crippen LogP contribution >= 0.6 is 0 Å². The number of benzene rings is 2. The summed E-state index contributed by atoms with van der Waals surface area (Å²) < 4.78 is 0. The van der Waals surface area contributed by atoms with Gasteiger partial charge < -0.3 is 5.73 Å². The minimum atomic E-state index is -0.312. The summed E-state index contributed by atoms with van der Waals surface area (Å²) in [6.45, 7) is 2.26. The molecule has 0 unspecified atom stereocenters. The lowest BCUT2D eigenvalue weighted by Gasteiger charge is -2.11. The molecule has 2 aromatic carbocycles. The highest BCUT2D eigenvalue weighted by Crippen LogP contribution is 2.24. The maximum absolute atomic E-state index is 11.8. The van der Waals surface area contributed by atoms with Gasteiger partial charge in [0, 0.05) is 5.56 Å². The molecule has 0 aromatic heterocycles. The zero-order chi connectivity index (χ0) is 17.9. The molecule has 0 fully saturated rings. The third-order valence-corrected chi connectivity index (χ3v) is 5.09. The molecule has 2 aromatic rings. The molecule has 2 rings (SSSR count). The maximum Gasteiger partial charge on any atom is 0.248 e. The van der Waals surface area contributed by atoms with Crippen LogP contribution in [0.5, 0.6) is 0 Å². The Morgan fingerprint density at radius 2 is 1.40 bits per heavy atom. The van der Waals surface area contributed by atoms with E-state index in [4.69, 9.17) is 5.73 Å². The first kappa shape index (κ1) is 19.5. The summed E-state index contributed by atoms with van der Waals surface area (Å²) in [6.07, 6.45) is 14.2. The van der Waals surface area contributed by atoms with Crippen molar-refractivity contribution < 1.29 is 4.79 Å². The van der Waals surface area contributed by atoms with Crippen molar-refractivity contribution in [1.82, 2.24) is 0 Å². The summed E-state index contributed by atoms with van der Waals surface area (Å²) in [4.78, 5) is 11.8. The number of hydrogen-bond donors (Lipinski definition) is 1. The zero-order valence-electron chi connectivity index (χ0n) is 15.7. The summed E-state index contributed by atoms with van der Waals surface area (Å²) in [6, 6.07) is 12.2.